The molecule has 0 bridgehead atoms. The number of rotatable bonds is 7. The number of primary amides is 1. The first kappa shape index (κ1) is 27.9. The molecule has 2 saturated carbocycles. The minimum absolute atomic E-state index is 0.134. The molecule has 2 fully saturated rings. The Kier molecular flexibility index (Phi) is 9.47. The van der Waals surface area contributed by atoms with Crippen LogP contribution in [0.3, 0.4) is 0 Å². The molecule has 0 aromatic carbocycles. The molecule has 2 aliphatic rings. The zero-order chi connectivity index (χ0) is 26.2. The van der Waals surface area contributed by atoms with Crippen molar-refractivity contribution < 1.29 is 23.9 Å². The fraction of sp³-hybridized carbons (Fsp3) is 0.750. The highest BCUT2D eigenvalue weighted by Crippen LogP contribution is 2.44. The van der Waals surface area contributed by atoms with Crippen LogP contribution < -0.4 is 16.4 Å². The molecule has 2 rings (SSSR count). The van der Waals surface area contributed by atoms with E-state index in [-0.39, 0.29) is 25.9 Å². The van der Waals surface area contributed by atoms with E-state index in [2.05, 4.69) is 10.6 Å². The molecule has 0 saturated heterocycles. The number of nitrogens with two attached hydrogens (primary N) is 1. The van der Waals surface area contributed by atoms with Crippen molar-refractivity contribution in [3.05, 3.63) is 0 Å². The summed E-state index contributed by atoms with van der Waals surface area (Å²) in [5, 5.41) is 22.9. The summed E-state index contributed by atoms with van der Waals surface area (Å²) in [7, 11) is 0. The molecular formula is C24H36N6O5. The van der Waals surface area contributed by atoms with Crippen molar-refractivity contribution in [2.75, 3.05) is 13.1 Å². The van der Waals surface area contributed by atoms with Crippen molar-refractivity contribution in [2.24, 2.45) is 17.6 Å². The van der Waals surface area contributed by atoms with Crippen molar-refractivity contribution in [1.82, 2.24) is 15.5 Å². The van der Waals surface area contributed by atoms with Gasteiger partial charge in [-0.05, 0) is 46.5 Å². The zero-order valence-corrected chi connectivity index (χ0v) is 20.8. The van der Waals surface area contributed by atoms with E-state index in [0.717, 1.165) is 6.42 Å². The first-order valence-electron chi connectivity index (χ1n) is 12.1. The van der Waals surface area contributed by atoms with Crippen molar-refractivity contribution in [1.29, 1.82) is 10.5 Å². The zero-order valence-electron chi connectivity index (χ0n) is 20.8. The molecule has 2 aliphatic carbocycles. The van der Waals surface area contributed by atoms with E-state index in [9.17, 15) is 19.2 Å². The van der Waals surface area contributed by atoms with Gasteiger partial charge in [-0.15, -0.1) is 0 Å². The number of carbonyl (C=O) groups is 4. The van der Waals surface area contributed by atoms with Gasteiger partial charge in [0.1, 0.15) is 24.2 Å². The van der Waals surface area contributed by atoms with E-state index in [0.29, 0.717) is 32.1 Å². The van der Waals surface area contributed by atoms with Gasteiger partial charge in [-0.3, -0.25) is 19.3 Å². The standard InChI is InChI=1S/C24H36N6O5/c1-23(2,3)35-22(34)30(18-10-5-4-8-16(18)19(31)28-14-12-25)24(21(27)33)11-7-6-9-17(24)20(32)29-15-13-26/h16-18H,4-11,14-15H2,1-3H3,(H2,27,33)(H,28,31)(H,29,32)/t16?,17-,18?,24-/m0/s1. The molecule has 4 amide bonds. The second kappa shape index (κ2) is 11.9. The van der Waals surface area contributed by atoms with Crippen molar-refractivity contribution >= 4 is 23.8 Å². The topological polar surface area (TPSA) is 178 Å². The first-order valence-corrected chi connectivity index (χ1v) is 12.1. The van der Waals surface area contributed by atoms with Gasteiger partial charge in [0.15, 0.2) is 0 Å². The van der Waals surface area contributed by atoms with Crippen LogP contribution in [0.1, 0.15) is 72.1 Å². The summed E-state index contributed by atoms with van der Waals surface area (Å²) in [6.45, 7) is 4.63. The molecule has 35 heavy (non-hydrogen) atoms. The van der Waals surface area contributed by atoms with Crippen LogP contribution in [-0.2, 0) is 19.1 Å². The highest BCUT2D eigenvalue weighted by Gasteiger charge is 2.59. The lowest BCUT2D eigenvalue weighted by atomic mass is 9.68. The summed E-state index contributed by atoms with van der Waals surface area (Å²) in [6.07, 6.45) is 3.08. The van der Waals surface area contributed by atoms with Gasteiger partial charge in [0.05, 0.1) is 24.0 Å². The molecule has 0 aromatic rings. The SMILES string of the molecule is CC(C)(C)OC(=O)N(C1CCCCC1C(=O)NCC#N)[C@@]1(C(N)=O)CCCC[C@H]1C(=O)NCC#N. The van der Waals surface area contributed by atoms with Crippen LogP contribution in [0.5, 0.6) is 0 Å². The van der Waals surface area contributed by atoms with Crippen LogP contribution in [0.4, 0.5) is 4.79 Å². The van der Waals surface area contributed by atoms with Gasteiger partial charge >= 0.3 is 6.09 Å². The van der Waals surface area contributed by atoms with Gasteiger partial charge < -0.3 is 21.1 Å². The molecule has 11 nitrogen and oxygen atoms in total. The minimum Gasteiger partial charge on any atom is -0.444 e. The van der Waals surface area contributed by atoms with Crippen molar-refractivity contribution in [2.45, 2.75) is 89.3 Å². The lowest BCUT2D eigenvalue weighted by Gasteiger charge is -2.53. The summed E-state index contributed by atoms with van der Waals surface area (Å²) in [5.41, 5.74) is 3.36. The number of hydrogen-bond acceptors (Lipinski definition) is 7. The second-order valence-corrected chi connectivity index (χ2v) is 10.1. The molecule has 0 spiro atoms. The number of ether oxygens (including phenoxy) is 1. The highest BCUT2D eigenvalue weighted by molar-refractivity contribution is 5.96. The number of hydrogen-bond donors (Lipinski definition) is 3. The summed E-state index contributed by atoms with van der Waals surface area (Å²) < 4.78 is 5.71. The second-order valence-electron chi connectivity index (χ2n) is 10.1. The summed E-state index contributed by atoms with van der Waals surface area (Å²) in [5.74, 6) is -3.49. The largest absolute Gasteiger partial charge is 0.444 e. The smallest absolute Gasteiger partial charge is 0.411 e. The van der Waals surface area contributed by atoms with Gasteiger partial charge in [-0.2, -0.15) is 10.5 Å². The fourth-order valence-electron chi connectivity index (χ4n) is 5.34. The first-order chi connectivity index (χ1) is 16.5. The Balaban J connectivity index is 2.65. The molecule has 0 radical (unpaired) electrons. The van der Waals surface area contributed by atoms with E-state index in [1.807, 2.05) is 12.1 Å². The number of carbonyl (C=O) groups excluding carboxylic acids is 4. The van der Waals surface area contributed by atoms with Crippen LogP contribution >= 0.6 is 0 Å². The van der Waals surface area contributed by atoms with Crippen LogP contribution in [0.2, 0.25) is 0 Å². The third-order valence-corrected chi connectivity index (χ3v) is 6.72. The lowest BCUT2D eigenvalue weighted by molar-refractivity contribution is -0.152. The maximum atomic E-state index is 13.8. The Bertz CT molecular complexity index is 902. The number of nitrogens with one attached hydrogen (secondary N) is 2. The lowest BCUT2D eigenvalue weighted by Crippen LogP contribution is -2.71. The quantitative estimate of drug-likeness (QED) is 0.454. The molecule has 0 aromatic heterocycles. The van der Waals surface area contributed by atoms with E-state index in [4.69, 9.17) is 21.0 Å². The minimum atomic E-state index is -1.73. The van der Waals surface area contributed by atoms with Crippen molar-refractivity contribution in [3.63, 3.8) is 0 Å². The number of nitrogens with zero attached hydrogens (tertiary/aromatic N) is 3. The Morgan fingerprint density at radius 3 is 2.11 bits per heavy atom. The van der Waals surface area contributed by atoms with Gasteiger partial charge in [0.2, 0.25) is 17.7 Å². The monoisotopic (exact) mass is 488 g/mol. The maximum Gasteiger partial charge on any atom is 0.411 e. The third kappa shape index (κ3) is 6.41. The molecule has 2 unspecified atom stereocenters. The summed E-state index contributed by atoms with van der Waals surface area (Å²) in [6, 6.07) is 2.97. The fourth-order valence-corrected chi connectivity index (χ4v) is 5.34. The average molecular weight is 489 g/mol. The van der Waals surface area contributed by atoms with Crippen LogP contribution in [0, 0.1) is 34.5 Å². The molecule has 0 aliphatic heterocycles. The van der Waals surface area contributed by atoms with Gasteiger partial charge in [0.25, 0.3) is 0 Å². The molecule has 4 atom stereocenters. The summed E-state index contributed by atoms with van der Waals surface area (Å²) >= 11 is 0. The van der Waals surface area contributed by atoms with E-state index in [1.165, 1.54) is 4.90 Å². The van der Waals surface area contributed by atoms with Crippen LogP contribution in [0.25, 0.3) is 0 Å². The highest BCUT2D eigenvalue weighted by atomic mass is 16.6. The van der Waals surface area contributed by atoms with Gasteiger partial charge in [-0.25, -0.2) is 4.79 Å². The third-order valence-electron chi connectivity index (χ3n) is 6.72. The van der Waals surface area contributed by atoms with Crippen molar-refractivity contribution in [3.8, 4) is 12.1 Å². The van der Waals surface area contributed by atoms with E-state index >= 15 is 0 Å². The normalized spacial score (nSPS) is 26.4. The van der Waals surface area contributed by atoms with Crippen LogP contribution in [-0.4, -0.2) is 59.0 Å². The predicted octanol–water partition coefficient (Wildman–Crippen LogP) is 1.48. The Labute approximate surface area is 206 Å². The number of amides is 4. The van der Waals surface area contributed by atoms with E-state index < -0.39 is 52.8 Å². The predicted molar refractivity (Wildman–Crippen MR) is 125 cm³/mol. The molecule has 11 heteroatoms. The van der Waals surface area contributed by atoms with Crippen LogP contribution in [0.15, 0.2) is 0 Å². The van der Waals surface area contributed by atoms with Gasteiger partial charge in [-0.1, -0.05) is 25.7 Å². The molecular weight excluding hydrogens is 452 g/mol. The van der Waals surface area contributed by atoms with Gasteiger partial charge in [0, 0.05) is 6.04 Å². The van der Waals surface area contributed by atoms with E-state index in [1.54, 1.807) is 20.8 Å². The molecule has 0 heterocycles. The average Bonchev–Trinajstić information content (AvgIpc) is 2.80. The Morgan fingerprint density at radius 1 is 0.971 bits per heavy atom. The Hall–Kier alpha value is -3.34. The molecule has 192 valence electrons. The maximum absolute atomic E-state index is 13.8. The molecule has 4 N–H and O–H groups in total. The Morgan fingerprint density at radius 2 is 1.54 bits per heavy atom. The summed E-state index contributed by atoms with van der Waals surface area (Å²) in [4.78, 5) is 54.5. The number of nitriles is 2.